The van der Waals surface area contributed by atoms with Crippen LogP contribution in [0.1, 0.15) is 33.9 Å². The molecule has 0 radical (unpaired) electrons. The van der Waals surface area contributed by atoms with Gasteiger partial charge in [-0.2, -0.15) is 12.6 Å². The van der Waals surface area contributed by atoms with Crippen molar-refractivity contribution in [3.63, 3.8) is 0 Å². The van der Waals surface area contributed by atoms with Gasteiger partial charge >= 0.3 is 0 Å². The molecule has 4 rings (SSSR count). The van der Waals surface area contributed by atoms with E-state index in [2.05, 4.69) is 28.2 Å². The number of hydrogen-bond acceptors (Lipinski definition) is 6. The fraction of sp³-hybridized carbons (Fsp3) is 0.292. The predicted octanol–water partition coefficient (Wildman–Crippen LogP) is 1.19. The summed E-state index contributed by atoms with van der Waals surface area (Å²) in [4.78, 5) is 40.8. The van der Waals surface area contributed by atoms with E-state index in [-0.39, 0.29) is 29.7 Å². The van der Waals surface area contributed by atoms with Crippen LogP contribution >= 0.6 is 12.6 Å². The minimum absolute atomic E-state index is 0.218. The smallest absolute Gasteiger partial charge is 0.255 e. The molecular weight excluding hydrogens is 454 g/mol. The van der Waals surface area contributed by atoms with Gasteiger partial charge in [0.05, 0.1) is 24.3 Å². The Balaban J connectivity index is 1.55. The lowest BCUT2D eigenvalue weighted by atomic mass is 9.96. The Bertz CT molecular complexity index is 1230. The summed E-state index contributed by atoms with van der Waals surface area (Å²) in [6.45, 7) is 0.312. The van der Waals surface area contributed by atoms with Crippen molar-refractivity contribution in [3.8, 4) is 5.75 Å². The highest BCUT2D eigenvalue weighted by Crippen LogP contribution is 2.35. The van der Waals surface area contributed by atoms with Crippen molar-refractivity contribution in [2.45, 2.75) is 31.0 Å². The number of benzene rings is 2. The van der Waals surface area contributed by atoms with Crippen LogP contribution in [0.25, 0.3) is 10.9 Å². The van der Waals surface area contributed by atoms with E-state index in [0.717, 1.165) is 16.5 Å². The summed E-state index contributed by atoms with van der Waals surface area (Å²) in [6.07, 6.45) is 2.58. The van der Waals surface area contributed by atoms with E-state index < -0.39 is 23.9 Å². The predicted molar refractivity (Wildman–Crippen MR) is 132 cm³/mol. The van der Waals surface area contributed by atoms with Gasteiger partial charge in [0.1, 0.15) is 11.8 Å². The number of aromatic nitrogens is 1. The highest BCUT2D eigenvalue weighted by molar-refractivity contribution is 7.80. The Morgan fingerprint density at radius 3 is 2.74 bits per heavy atom. The number of nitrogens with two attached hydrogens (primary N) is 2. The van der Waals surface area contributed by atoms with E-state index in [9.17, 15) is 14.4 Å². The molecule has 0 saturated carbocycles. The Morgan fingerprint density at radius 1 is 1.18 bits per heavy atom. The molecule has 0 aliphatic carbocycles. The van der Waals surface area contributed by atoms with E-state index >= 15 is 0 Å². The van der Waals surface area contributed by atoms with Crippen LogP contribution in [0, 0.1) is 0 Å². The first-order valence-corrected chi connectivity index (χ1v) is 11.6. The quantitative estimate of drug-likeness (QED) is 0.267. The zero-order valence-corrected chi connectivity index (χ0v) is 19.3. The third-order valence-corrected chi connectivity index (χ3v) is 6.31. The van der Waals surface area contributed by atoms with Crippen molar-refractivity contribution >= 4 is 41.3 Å². The van der Waals surface area contributed by atoms with Gasteiger partial charge in [-0.1, -0.05) is 30.3 Å². The highest BCUT2D eigenvalue weighted by Gasteiger charge is 2.29. The number of ether oxygens (including phenoxy) is 1. The average Bonchev–Trinajstić information content (AvgIpc) is 3.25. The van der Waals surface area contributed by atoms with Crippen LogP contribution in [0.3, 0.4) is 0 Å². The van der Waals surface area contributed by atoms with Crippen LogP contribution in [0.15, 0.2) is 48.7 Å². The zero-order chi connectivity index (χ0) is 24.2. The van der Waals surface area contributed by atoms with E-state index in [0.29, 0.717) is 24.3 Å². The summed E-state index contributed by atoms with van der Waals surface area (Å²) in [5.41, 5.74) is 14.1. The monoisotopic (exact) mass is 481 g/mol. The summed E-state index contributed by atoms with van der Waals surface area (Å²) >= 11 is 4.07. The highest BCUT2D eigenvalue weighted by atomic mass is 32.1. The number of nitrogens with one attached hydrogen (secondary N) is 3. The Kier molecular flexibility index (Phi) is 7.09. The van der Waals surface area contributed by atoms with Gasteiger partial charge < -0.3 is 31.8 Å². The normalized spacial score (nSPS) is 16.7. The minimum Gasteiger partial charge on any atom is -0.492 e. The number of aromatic amines is 1. The van der Waals surface area contributed by atoms with Gasteiger partial charge in [-0.25, -0.2) is 0 Å². The number of para-hydroxylation sites is 2. The van der Waals surface area contributed by atoms with Crippen LogP contribution < -0.4 is 26.8 Å². The maximum atomic E-state index is 13.2. The number of hydrogen-bond donors (Lipinski definition) is 6. The van der Waals surface area contributed by atoms with Crippen LogP contribution in [-0.4, -0.2) is 47.1 Å². The molecule has 10 heteroatoms. The summed E-state index contributed by atoms with van der Waals surface area (Å²) < 4.78 is 5.80. The number of amides is 3. The van der Waals surface area contributed by atoms with Gasteiger partial charge in [0.25, 0.3) is 5.91 Å². The summed E-state index contributed by atoms with van der Waals surface area (Å²) in [5, 5.41) is 6.60. The molecule has 2 aromatic carbocycles. The largest absolute Gasteiger partial charge is 0.492 e. The van der Waals surface area contributed by atoms with Crippen molar-refractivity contribution in [1.82, 2.24) is 15.6 Å². The first-order valence-electron chi connectivity index (χ1n) is 11.0. The fourth-order valence-corrected chi connectivity index (χ4v) is 4.26. The van der Waals surface area contributed by atoms with Gasteiger partial charge in [0.15, 0.2) is 0 Å². The van der Waals surface area contributed by atoms with E-state index in [1.165, 1.54) is 0 Å². The topological polar surface area (TPSA) is 152 Å². The fourth-order valence-electron chi connectivity index (χ4n) is 4.09. The summed E-state index contributed by atoms with van der Waals surface area (Å²) in [6, 6.07) is 10.8. The first kappa shape index (κ1) is 23.7. The van der Waals surface area contributed by atoms with Gasteiger partial charge in [0.2, 0.25) is 11.8 Å². The maximum absolute atomic E-state index is 13.2. The molecule has 7 N–H and O–H groups in total. The second kappa shape index (κ2) is 10.2. The molecule has 3 amide bonds. The van der Waals surface area contributed by atoms with Crippen LogP contribution in [0.2, 0.25) is 0 Å². The lowest BCUT2D eigenvalue weighted by molar-refractivity contribution is -0.123. The molecule has 9 nitrogen and oxygen atoms in total. The lowest BCUT2D eigenvalue weighted by Gasteiger charge is -2.29. The molecule has 0 saturated heterocycles. The molecule has 1 aromatic heterocycles. The molecule has 178 valence electrons. The molecule has 34 heavy (non-hydrogen) atoms. The van der Waals surface area contributed by atoms with E-state index in [1.807, 2.05) is 30.5 Å². The second-order valence-electron chi connectivity index (χ2n) is 8.20. The van der Waals surface area contributed by atoms with Crippen molar-refractivity contribution in [2.24, 2.45) is 11.5 Å². The standard InChI is InChI=1S/C24H27N5O4S/c25-17(12-34)24(32)28-19-8-9-33-21-15(19)5-3-6-16(21)23(31)29-20(22(26)30)10-13-11-27-18-7-2-1-4-14(13)18/h1-7,11,17,19-20,27,34H,8-10,12,25H2,(H2,26,30)(H,28,32)(H,29,31)/t17?,19?,20-/m0/s1. The molecule has 0 spiro atoms. The Morgan fingerprint density at radius 2 is 1.97 bits per heavy atom. The third-order valence-electron chi connectivity index (χ3n) is 5.92. The van der Waals surface area contributed by atoms with Crippen molar-refractivity contribution < 1.29 is 19.1 Å². The van der Waals surface area contributed by atoms with Gasteiger partial charge in [0, 0.05) is 41.3 Å². The van der Waals surface area contributed by atoms with E-state index in [4.69, 9.17) is 16.2 Å². The molecule has 2 unspecified atom stereocenters. The summed E-state index contributed by atoms with van der Waals surface area (Å²) in [5.74, 6) is -0.869. The van der Waals surface area contributed by atoms with Gasteiger partial charge in [-0.15, -0.1) is 0 Å². The molecule has 2 heterocycles. The molecule has 0 bridgehead atoms. The minimum atomic E-state index is -0.921. The van der Waals surface area contributed by atoms with E-state index in [1.54, 1.807) is 18.2 Å². The number of thiol groups is 1. The second-order valence-corrected chi connectivity index (χ2v) is 8.57. The number of fused-ring (bicyclic) bond motifs is 2. The number of carbonyl (C=O) groups excluding carboxylic acids is 3. The number of carbonyl (C=O) groups is 3. The number of primary amides is 1. The molecule has 3 atom stereocenters. The molecule has 3 aromatic rings. The van der Waals surface area contributed by atoms with Crippen molar-refractivity contribution in [3.05, 3.63) is 65.4 Å². The third kappa shape index (κ3) is 4.87. The zero-order valence-electron chi connectivity index (χ0n) is 18.4. The number of rotatable bonds is 8. The maximum Gasteiger partial charge on any atom is 0.255 e. The molecule has 1 aliphatic rings. The lowest BCUT2D eigenvalue weighted by Crippen LogP contribution is -2.46. The van der Waals surface area contributed by atoms with Crippen molar-refractivity contribution in [2.75, 3.05) is 12.4 Å². The first-order chi connectivity index (χ1) is 16.4. The molecular formula is C24H27N5O4S. The van der Waals surface area contributed by atoms with Crippen molar-refractivity contribution in [1.29, 1.82) is 0 Å². The van der Waals surface area contributed by atoms with Gasteiger partial charge in [-0.3, -0.25) is 14.4 Å². The van der Waals surface area contributed by atoms with Crippen LogP contribution in [-0.2, 0) is 16.0 Å². The van der Waals surface area contributed by atoms with Crippen LogP contribution in [0.5, 0.6) is 5.75 Å². The Hall–Kier alpha value is -3.50. The SMILES string of the molecule is NC(=O)[C@H](Cc1c[nH]c2ccccc12)NC(=O)c1cccc2c1OCCC2NC(=O)C(N)CS. The average molecular weight is 482 g/mol. The summed E-state index contributed by atoms with van der Waals surface area (Å²) in [7, 11) is 0. The number of H-pyrrole nitrogens is 1. The van der Waals surface area contributed by atoms with Crippen LogP contribution in [0.4, 0.5) is 0 Å². The molecule has 0 fully saturated rings. The Labute approximate surface area is 202 Å². The van der Waals surface area contributed by atoms with Gasteiger partial charge in [-0.05, 0) is 17.7 Å². The molecule has 1 aliphatic heterocycles.